The molecular weight excluding hydrogens is 234 g/mol. The Bertz CT molecular complexity index is 396. The lowest BCUT2D eigenvalue weighted by atomic mass is 9.96. The summed E-state index contributed by atoms with van der Waals surface area (Å²) in [5.41, 5.74) is -0.535. The Kier molecular flexibility index (Phi) is 4.75. The van der Waals surface area contributed by atoms with Crippen molar-refractivity contribution in [2.75, 3.05) is 5.75 Å². The monoisotopic (exact) mass is 251 g/mol. The summed E-state index contributed by atoms with van der Waals surface area (Å²) in [5, 5.41) is 2.39. The van der Waals surface area contributed by atoms with Crippen LogP contribution in [0, 0.1) is 5.41 Å². The fraction of sp³-hybridized carbons (Fsp3) is 0.385. The van der Waals surface area contributed by atoms with E-state index in [-0.39, 0.29) is 17.6 Å². The highest BCUT2D eigenvalue weighted by Crippen LogP contribution is 2.17. The highest BCUT2D eigenvalue weighted by molar-refractivity contribution is 8.00. The zero-order valence-electron chi connectivity index (χ0n) is 10.3. The van der Waals surface area contributed by atoms with E-state index in [0.717, 1.165) is 4.90 Å². The maximum absolute atomic E-state index is 11.5. The molecule has 0 heterocycles. The molecule has 0 spiro atoms. The van der Waals surface area contributed by atoms with Crippen molar-refractivity contribution in [3.05, 3.63) is 30.3 Å². The van der Waals surface area contributed by atoms with Gasteiger partial charge in [0.1, 0.15) is 0 Å². The van der Waals surface area contributed by atoms with E-state index in [2.05, 4.69) is 5.32 Å². The smallest absolute Gasteiger partial charge is 0.236 e. The van der Waals surface area contributed by atoms with Crippen LogP contribution in [0.15, 0.2) is 35.2 Å². The van der Waals surface area contributed by atoms with E-state index in [1.54, 1.807) is 20.8 Å². The van der Waals surface area contributed by atoms with E-state index < -0.39 is 5.41 Å². The number of benzene rings is 1. The number of hydrogen-bond donors (Lipinski definition) is 1. The molecule has 0 aromatic heterocycles. The molecule has 0 unspecified atom stereocenters. The molecule has 0 radical (unpaired) electrons. The van der Waals surface area contributed by atoms with E-state index in [1.165, 1.54) is 11.8 Å². The van der Waals surface area contributed by atoms with E-state index in [9.17, 15) is 9.59 Å². The number of carbonyl (C=O) groups excluding carboxylic acids is 2. The summed E-state index contributed by atoms with van der Waals surface area (Å²) in [6.45, 7) is 5.33. The van der Waals surface area contributed by atoms with Gasteiger partial charge in [-0.2, -0.15) is 0 Å². The quantitative estimate of drug-likeness (QED) is 0.839. The van der Waals surface area contributed by atoms with Crippen molar-refractivity contribution in [2.24, 2.45) is 5.41 Å². The molecular formula is C13H17NO2S. The molecule has 0 fully saturated rings. The number of imide groups is 1. The minimum Gasteiger partial charge on any atom is -0.295 e. The Hall–Kier alpha value is -1.29. The number of nitrogens with one attached hydrogen (secondary N) is 1. The van der Waals surface area contributed by atoms with Crippen LogP contribution in [0.4, 0.5) is 0 Å². The van der Waals surface area contributed by atoms with Gasteiger partial charge in [0, 0.05) is 10.3 Å². The van der Waals surface area contributed by atoms with Crippen LogP contribution in [0.1, 0.15) is 20.8 Å². The minimum atomic E-state index is -0.535. The standard InChI is InChI=1S/C13H17NO2S/c1-13(2,3)12(16)14-11(15)9-17-10-7-5-4-6-8-10/h4-8H,9H2,1-3H3,(H,14,15,16). The third-order valence-electron chi connectivity index (χ3n) is 2.05. The molecule has 0 bridgehead atoms. The van der Waals surface area contributed by atoms with Crippen molar-refractivity contribution in [3.8, 4) is 0 Å². The van der Waals surface area contributed by atoms with Crippen LogP contribution in [-0.2, 0) is 9.59 Å². The Morgan fingerprint density at radius 2 is 1.76 bits per heavy atom. The molecule has 0 atom stereocenters. The van der Waals surface area contributed by atoms with Crippen LogP contribution in [0.5, 0.6) is 0 Å². The molecule has 0 aliphatic carbocycles. The van der Waals surface area contributed by atoms with E-state index in [4.69, 9.17) is 0 Å². The molecule has 4 heteroatoms. The van der Waals surface area contributed by atoms with Crippen molar-refractivity contribution in [1.82, 2.24) is 5.32 Å². The summed E-state index contributed by atoms with van der Waals surface area (Å²) in [4.78, 5) is 24.1. The third kappa shape index (κ3) is 5.04. The maximum atomic E-state index is 11.5. The molecule has 0 aliphatic heterocycles. The Morgan fingerprint density at radius 3 is 2.29 bits per heavy atom. The molecule has 0 saturated heterocycles. The largest absolute Gasteiger partial charge is 0.295 e. The molecule has 1 aromatic rings. The summed E-state index contributed by atoms with van der Waals surface area (Å²) in [5.74, 6) is -0.235. The van der Waals surface area contributed by atoms with Crippen molar-refractivity contribution < 1.29 is 9.59 Å². The lowest BCUT2D eigenvalue weighted by Gasteiger charge is -2.16. The maximum Gasteiger partial charge on any atom is 0.236 e. The molecule has 0 aliphatic rings. The molecule has 92 valence electrons. The second kappa shape index (κ2) is 5.87. The topological polar surface area (TPSA) is 46.2 Å². The summed E-state index contributed by atoms with van der Waals surface area (Å²) >= 11 is 1.42. The third-order valence-corrected chi connectivity index (χ3v) is 3.06. The first-order valence-corrected chi connectivity index (χ1v) is 6.40. The van der Waals surface area contributed by atoms with Crippen molar-refractivity contribution in [2.45, 2.75) is 25.7 Å². The highest BCUT2D eigenvalue weighted by Gasteiger charge is 2.22. The predicted octanol–water partition coefficient (Wildman–Crippen LogP) is 2.47. The average Bonchev–Trinajstić information content (AvgIpc) is 2.26. The van der Waals surface area contributed by atoms with Gasteiger partial charge in [0.25, 0.3) is 0 Å². The van der Waals surface area contributed by atoms with E-state index in [0.29, 0.717) is 0 Å². The van der Waals surface area contributed by atoms with Gasteiger partial charge in [-0.3, -0.25) is 14.9 Å². The summed E-state index contributed by atoms with van der Waals surface area (Å²) in [6.07, 6.45) is 0. The highest BCUT2D eigenvalue weighted by atomic mass is 32.2. The van der Waals surface area contributed by atoms with Gasteiger partial charge in [0.2, 0.25) is 11.8 Å². The Morgan fingerprint density at radius 1 is 1.18 bits per heavy atom. The molecule has 17 heavy (non-hydrogen) atoms. The predicted molar refractivity (Wildman–Crippen MR) is 69.8 cm³/mol. The molecule has 1 aromatic carbocycles. The van der Waals surface area contributed by atoms with Gasteiger partial charge < -0.3 is 0 Å². The van der Waals surface area contributed by atoms with E-state index in [1.807, 2.05) is 30.3 Å². The Balaban J connectivity index is 2.39. The van der Waals surface area contributed by atoms with Crippen LogP contribution >= 0.6 is 11.8 Å². The second-order valence-corrected chi connectivity index (χ2v) is 5.78. The van der Waals surface area contributed by atoms with Gasteiger partial charge in [-0.1, -0.05) is 39.0 Å². The molecule has 1 rings (SSSR count). The molecule has 0 saturated carbocycles. The van der Waals surface area contributed by atoms with Gasteiger partial charge >= 0.3 is 0 Å². The number of thioether (sulfide) groups is 1. The van der Waals surface area contributed by atoms with Crippen LogP contribution in [0.25, 0.3) is 0 Å². The molecule has 1 N–H and O–H groups in total. The zero-order chi connectivity index (χ0) is 12.9. The first kappa shape index (κ1) is 13.8. The number of carbonyl (C=O) groups is 2. The number of hydrogen-bond acceptors (Lipinski definition) is 3. The summed E-state index contributed by atoms with van der Waals surface area (Å²) < 4.78 is 0. The second-order valence-electron chi connectivity index (χ2n) is 4.73. The number of rotatable bonds is 3. The van der Waals surface area contributed by atoms with Gasteiger partial charge in [0.05, 0.1) is 5.75 Å². The lowest BCUT2D eigenvalue weighted by molar-refractivity contribution is -0.134. The van der Waals surface area contributed by atoms with Crippen molar-refractivity contribution >= 4 is 23.6 Å². The average molecular weight is 251 g/mol. The first-order chi connectivity index (χ1) is 7.89. The zero-order valence-corrected chi connectivity index (χ0v) is 11.1. The first-order valence-electron chi connectivity index (χ1n) is 5.42. The van der Waals surface area contributed by atoms with Gasteiger partial charge in [-0.05, 0) is 12.1 Å². The van der Waals surface area contributed by atoms with Crippen LogP contribution < -0.4 is 5.32 Å². The fourth-order valence-corrected chi connectivity index (χ4v) is 1.74. The van der Waals surface area contributed by atoms with Crippen LogP contribution in [-0.4, -0.2) is 17.6 Å². The van der Waals surface area contributed by atoms with Crippen LogP contribution in [0.3, 0.4) is 0 Å². The van der Waals surface area contributed by atoms with Crippen LogP contribution in [0.2, 0.25) is 0 Å². The SMILES string of the molecule is CC(C)(C)C(=O)NC(=O)CSc1ccccc1. The van der Waals surface area contributed by atoms with Crippen molar-refractivity contribution in [3.63, 3.8) is 0 Å². The molecule has 3 nitrogen and oxygen atoms in total. The van der Waals surface area contributed by atoms with Gasteiger partial charge in [0.15, 0.2) is 0 Å². The summed E-state index contributed by atoms with van der Waals surface area (Å²) in [6, 6.07) is 9.63. The summed E-state index contributed by atoms with van der Waals surface area (Å²) in [7, 11) is 0. The number of amides is 2. The normalized spacial score (nSPS) is 11.0. The van der Waals surface area contributed by atoms with Gasteiger partial charge in [-0.15, -0.1) is 11.8 Å². The molecule has 2 amide bonds. The fourth-order valence-electron chi connectivity index (χ4n) is 1.02. The van der Waals surface area contributed by atoms with Crippen molar-refractivity contribution in [1.29, 1.82) is 0 Å². The van der Waals surface area contributed by atoms with Gasteiger partial charge in [-0.25, -0.2) is 0 Å². The Labute approximate surface area is 106 Å². The minimum absolute atomic E-state index is 0.240. The lowest BCUT2D eigenvalue weighted by Crippen LogP contribution is -2.39. The van der Waals surface area contributed by atoms with E-state index >= 15 is 0 Å².